The molecule has 2 fully saturated rings. The van der Waals surface area contributed by atoms with Gasteiger partial charge >= 0.3 is 6.03 Å². The molecule has 6 nitrogen and oxygen atoms in total. The van der Waals surface area contributed by atoms with Gasteiger partial charge in [-0.25, -0.2) is 4.79 Å². The second kappa shape index (κ2) is 9.67. The Bertz CT molecular complexity index is 1030. The zero-order chi connectivity index (χ0) is 23.6. The normalized spacial score (nSPS) is 21.5. The van der Waals surface area contributed by atoms with E-state index in [1.807, 2.05) is 61.4 Å². The summed E-state index contributed by atoms with van der Waals surface area (Å²) >= 11 is 1.64. The van der Waals surface area contributed by atoms with E-state index in [0.29, 0.717) is 45.3 Å². The van der Waals surface area contributed by atoms with E-state index in [1.54, 1.807) is 11.3 Å². The molecule has 1 N–H and O–H groups in total. The Hall–Kier alpha value is -2.67. The van der Waals surface area contributed by atoms with Crippen molar-refractivity contribution in [3.63, 3.8) is 0 Å². The highest BCUT2D eigenvalue weighted by Crippen LogP contribution is 2.37. The number of carbonyl (C=O) groups is 3. The van der Waals surface area contributed by atoms with Crippen molar-refractivity contribution in [1.82, 2.24) is 15.1 Å². The van der Waals surface area contributed by atoms with Crippen molar-refractivity contribution >= 4 is 29.2 Å². The number of hydrogen-bond acceptors (Lipinski definition) is 4. The summed E-state index contributed by atoms with van der Waals surface area (Å²) < 4.78 is 0. The zero-order valence-corrected chi connectivity index (χ0v) is 20.5. The smallest absolute Gasteiger partial charge is 0.325 e. The summed E-state index contributed by atoms with van der Waals surface area (Å²) in [6, 6.07) is 9.66. The molecular weight excluding hydrogens is 434 g/mol. The lowest BCUT2D eigenvalue weighted by molar-refractivity contribution is -0.134. The van der Waals surface area contributed by atoms with Gasteiger partial charge in [0.15, 0.2) is 0 Å². The first-order valence-electron chi connectivity index (χ1n) is 11.9. The van der Waals surface area contributed by atoms with Crippen LogP contribution in [0.5, 0.6) is 0 Å². The number of thiophene rings is 1. The van der Waals surface area contributed by atoms with Crippen molar-refractivity contribution in [3.05, 3.63) is 57.3 Å². The number of carbonyl (C=O) groups excluding carboxylic acids is 3. The molecule has 176 valence electrons. The van der Waals surface area contributed by atoms with Gasteiger partial charge in [-0.1, -0.05) is 37.1 Å². The van der Waals surface area contributed by atoms with Crippen LogP contribution < -0.4 is 5.32 Å². The highest BCUT2D eigenvalue weighted by molar-refractivity contribution is 7.09. The molecule has 0 saturated carbocycles. The summed E-state index contributed by atoms with van der Waals surface area (Å²) in [5.41, 5.74) is 2.02. The molecule has 1 unspecified atom stereocenters. The first-order valence-corrected chi connectivity index (χ1v) is 12.8. The van der Waals surface area contributed by atoms with E-state index >= 15 is 0 Å². The number of piperidine rings is 1. The molecule has 0 bridgehead atoms. The van der Waals surface area contributed by atoms with Gasteiger partial charge in [0.1, 0.15) is 5.54 Å². The average molecular weight is 468 g/mol. The number of imide groups is 1. The Kier molecular flexibility index (Phi) is 6.88. The number of rotatable bonds is 7. The topological polar surface area (TPSA) is 69.7 Å². The van der Waals surface area contributed by atoms with Gasteiger partial charge in [0.2, 0.25) is 0 Å². The lowest BCUT2D eigenvalue weighted by atomic mass is 9.74. The molecule has 2 aliphatic rings. The summed E-state index contributed by atoms with van der Waals surface area (Å²) in [4.78, 5) is 44.0. The zero-order valence-electron chi connectivity index (χ0n) is 19.7. The van der Waals surface area contributed by atoms with Crippen molar-refractivity contribution in [2.24, 2.45) is 5.92 Å². The number of benzene rings is 1. The number of nitrogens with one attached hydrogen (secondary N) is 1. The maximum atomic E-state index is 13.6. The third kappa shape index (κ3) is 4.56. The number of urea groups is 1. The molecule has 1 aromatic carbocycles. The predicted octanol–water partition coefficient (Wildman–Crippen LogP) is 4.55. The number of amides is 4. The van der Waals surface area contributed by atoms with E-state index in [4.69, 9.17) is 0 Å². The molecule has 2 saturated heterocycles. The number of aryl methyl sites for hydroxylation is 2. The third-order valence-corrected chi connectivity index (χ3v) is 8.04. The fourth-order valence-corrected chi connectivity index (χ4v) is 6.07. The largest absolute Gasteiger partial charge is 0.339 e. The van der Waals surface area contributed by atoms with Crippen LogP contribution in [-0.2, 0) is 11.2 Å². The van der Waals surface area contributed by atoms with Gasteiger partial charge in [-0.15, -0.1) is 11.3 Å². The van der Waals surface area contributed by atoms with Gasteiger partial charge in [0.25, 0.3) is 11.8 Å². The minimum Gasteiger partial charge on any atom is -0.339 e. The number of likely N-dealkylation sites (tertiary alicyclic amines) is 1. The SMILES string of the molecule is CCCC1(C2CCN(C(=O)c3ccc(C)cc3C)CC2)NC(=O)N(CCc2cccs2)C1=O. The van der Waals surface area contributed by atoms with E-state index in [2.05, 4.69) is 5.32 Å². The monoisotopic (exact) mass is 467 g/mol. The summed E-state index contributed by atoms with van der Waals surface area (Å²) in [5.74, 6) is -0.0104. The van der Waals surface area contributed by atoms with Gasteiger partial charge in [0.05, 0.1) is 0 Å². The molecule has 1 atom stereocenters. The minimum atomic E-state index is -0.851. The molecule has 1 aromatic heterocycles. The fourth-order valence-electron chi connectivity index (χ4n) is 5.37. The van der Waals surface area contributed by atoms with Crippen molar-refractivity contribution in [1.29, 1.82) is 0 Å². The molecular formula is C26H33N3O3S. The Morgan fingerprint density at radius 1 is 1.18 bits per heavy atom. The van der Waals surface area contributed by atoms with E-state index in [9.17, 15) is 14.4 Å². The molecule has 0 aliphatic carbocycles. The minimum absolute atomic E-state index is 0.0313. The highest BCUT2D eigenvalue weighted by atomic mass is 32.1. The molecule has 2 aliphatic heterocycles. The molecule has 4 rings (SSSR count). The van der Waals surface area contributed by atoms with Crippen molar-refractivity contribution in [2.45, 2.75) is 58.4 Å². The van der Waals surface area contributed by atoms with E-state index in [0.717, 1.165) is 23.1 Å². The van der Waals surface area contributed by atoms with Gasteiger partial charge in [0, 0.05) is 30.1 Å². The van der Waals surface area contributed by atoms with Crippen LogP contribution in [0.25, 0.3) is 0 Å². The van der Waals surface area contributed by atoms with Crippen LogP contribution in [0.3, 0.4) is 0 Å². The van der Waals surface area contributed by atoms with E-state index in [1.165, 1.54) is 9.78 Å². The summed E-state index contributed by atoms with van der Waals surface area (Å²) in [6.07, 6.45) is 3.54. The molecule has 4 amide bonds. The molecule has 7 heteroatoms. The van der Waals surface area contributed by atoms with E-state index < -0.39 is 5.54 Å². The standard InChI is InChI=1S/C26H33N3O3S/c1-4-12-26(24(31)29(25(32)27-26)15-11-21-6-5-16-33-21)20-9-13-28(14-10-20)23(30)22-8-7-18(2)17-19(22)3/h5-8,16-17,20H,4,9-15H2,1-3H3,(H,27,32). The number of nitrogens with zero attached hydrogens (tertiary/aromatic N) is 2. The summed E-state index contributed by atoms with van der Waals surface area (Å²) in [7, 11) is 0. The Morgan fingerprint density at radius 3 is 2.58 bits per heavy atom. The highest BCUT2D eigenvalue weighted by Gasteiger charge is 2.55. The van der Waals surface area contributed by atoms with E-state index in [-0.39, 0.29) is 23.8 Å². The van der Waals surface area contributed by atoms with Crippen LogP contribution >= 0.6 is 11.3 Å². The average Bonchev–Trinajstić information content (AvgIpc) is 3.39. The van der Waals surface area contributed by atoms with Crippen molar-refractivity contribution < 1.29 is 14.4 Å². The summed E-state index contributed by atoms with van der Waals surface area (Å²) in [5, 5.41) is 5.11. The maximum absolute atomic E-state index is 13.6. The van der Waals surface area contributed by atoms with Gasteiger partial charge < -0.3 is 10.2 Å². The third-order valence-electron chi connectivity index (χ3n) is 7.10. The van der Waals surface area contributed by atoms with Crippen LogP contribution in [0.2, 0.25) is 0 Å². The Balaban J connectivity index is 1.45. The molecule has 3 heterocycles. The molecule has 33 heavy (non-hydrogen) atoms. The lowest BCUT2D eigenvalue weighted by Gasteiger charge is -2.41. The van der Waals surface area contributed by atoms with Crippen molar-refractivity contribution in [2.75, 3.05) is 19.6 Å². The van der Waals surface area contributed by atoms with Crippen LogP contribution in [-0.4, -0.2) is 52.8 Å². The van der Waals surface area contributed by atoms with Crippen LogP contribution in [0, 0.1) is 19.8 Å². The second-order valence-corrected chi connectivity index (χ2v) is 10.4. The first-order chi connectivity index (χ1) is 15.9. The maximum Gasteiger partial charge on any atom is 0.325 e. The molecule has 0 spiro atoms. The second-order valence-electron chi connectivity index (χ2n) is 9.32. The lowest BCUT2D eigenvalue weighted by Crippen LogP contribution is -2.56. The van der Waals surface area contributed by atoms with Crippen molar-refractivity contribution in [3.8, 4) is 0 Å². The van der Waals surface area contributed by atoms with Gasteiger partial charge in [-0.2, -0.15) is 0 Å². The quantitative estimate of drug-likeness (QED) is 0.608. The van der Waals surface area contributed by atoms with Crippen LogP contribution in [0.4, 0.5) is 4.79 Å². The van der Waals surface area contributed by atoms with Gasteiger partial charge in [-0.3, -0.25) is 14.5 Å². The van der Waals surface area contributed by atoms with Crippen LogP contribution in [0.15, 0.2) is 35.7 Å². The predicted molar refractivity (Wildman–Crippen MR) is 130 cm³/mol. The Morgan fingerprint density at radius 2 is 1.94 bits per heavy atom. The molecule has 0 radical (unpaired) electrons. The summed E-state index contributed by atoms with van der Waals surface area (Å²) in [6.45, 7) is 7.65. The van der Waals surface area contributed by atoms with Crippen LogP contribution in [0.1, 0.15) is 59.0 Å². The first kappa shape index (κ1) is 23.5. The molecule has 2 aromatic rings. The fraction of sp³-hybridized carbons (Fsp3) is 0.500. The number of hydrogen-bond donors (Lipinski definition) is 1. The van der Waals surface area contributed by atoms with Gasteiger partial charge in [-0.05, 0) is 68.5 Å². The Labute approximate surface area is 200 Å².